The quantitative estimate of drug-likeness (QED) is 0.103. The molecular formula is C37H39F. The Balaban J connectivity index is 1.35. The van der Waals surface area contributed by atoms with Gasteiger partial charge in [-0.2, -0.15) is 0 Å². The molecule has 1 heteroatoms. The highest BCUT2D eigenvalue weighted by atomic mass is 19.1. The van der Waals surface area contributed by atoms with Gasteiger partial charge in [-0.15, -0.1) is 6.58 Å². The molecule has 0 unspecified atom stereocenters. The topological polar surface area (TPSA) is 0 Å². The number of hydrogen-bond donors (Lipinski definition) is 0. The summed E-state index contributed by atoms with van der Waals surface area (Å²) in [5, 5.41) is 1.55. The summed E-state index contributed by atoms with van der Waals surface area (Å²) in [6.45, 7) is 6.03. The first-order chi connectivity index (χ1) is 18.7. The summed E-state index contributed by atoms with van der Waals surface area (Å²) in [6, 6.07) is 27.1. The van der Waals surface area contributed by atoms with Crippen molar-refractivity contribution in [1.82, 2.24) is 0 Å². The van der Waals surface area contributed by atoms with Gasteiger partial charge in [0.25, 0.3) is 0 Å². The van der Waals surface area contributed by atoms with Crippen LogP contribution in [-0.4, -0.2) is 0 Å². The minimum absolute atomic E-state index is 0.241. The minimum Gasteiger partial charge on any atom is -0.205 e. The van der Waals surface area contributed by atoms with Crippen LogP contribution in [-0.2, 0) is 25.7 Å². The summed E-state index contributed by atoms with van der Waals surface area (Å²) in [5.74, 6) is 5.90. The molecule has 0 fully saturated rings. The molecule has 38 heavy (non-hydrogen) atoms. The van der Waals surface area contributed by atoms with Crippen molar-refractivity contribution in [3.8, 4) is 11.8 Å². The largest absolute Gasteiger partial charge is 0.205 e. The van der Waals surface area contributed by atoms with E-state index < -0.39 is 0 Å². The first kappa shape index (κ1) is 27.4. The third-order valence-electron chi connectivity index (χ3n) is 7.25. The van der Waals surface area contributed by atoms with Gasteiger partial charge >= 0.3 is 0 Å². The molecule has 0 aliphatic carbocycles. The Bertz CT molecular complexity index is 1380. The van der Waals surface area contributed by atoms with Crippen LogP contribution in [0.4, 0.5) is 4.39 Å². The van der Waals surface area contributed by atoms with Crippen molar-refractivity contribution in [2.75, 3.05) is 0 Å². The first-order valence-electron chi connectivity index (χ1n) is 14.2. The van der Waals surface area contributed by atoms with E-state index in [0.717, 1.165) is 36.6 Å². The van der Waals surface area contributed by atoms with Crippen molar-refractivity contribution >= 4 is 10.8 Å². The minimum atomic E-state index is -0.241. The fourth-order valence-electron chi connectivity index (χ4n) is 4.85. The highest BCUT2D eigenvalue weighted by Crippen LogP contribution is 2.23. The number of rotatable bonds is 12. The number of fused-ring (bicyclic) bond motifs is 1. The van der Waals surface area contributed by atoms with Crippen LogP contribution in [0.3, 0.4) is 0 Å². The van der Waals surface area contributed by atoms with E-state index in [4.69, 9.17) is 0 Å². The summed E-state index contributed by atoms with van der Waals surface area (Å²) in [4.78, 5) is 0. The third kappa shape index (κ3) is 7.93. The smallest absolute Gasteiger partial charge is 0.146 e. The summed E-state index contributed by atoms with van der Waals surface area (Å²) in [6.07, 6.45) is 13.6. The predicted molar refractivity (Wildman–Crippen MR) is 161 cm³/mol. The Morgan fingerprint density at radius 2 is 1.29 bits per heavy atom. The molecule has 4 aromatic rings. The predicted octanol–water partition coefficient (Wildman–Crippen LogP) is 9.80. The first-order valence-corrected chi connectivity index (χ1v) is 14.2. The molecule has 0 aromatic heterocycles. The molecule has 0 amide bonds. The van der Waals surface area contributed by atoms with E-state index in [-0.39, 0.29) is 5.82 Å². The molecule has 0 radical (unpaired) electrons. The van der Waals surface area contributed by atoms with Crippen LogP contribution in [0.15, 0.2) is 91.5 Å². The van der Waals surface area contributed by atoms with Crippen molar-refractivity contribution in [2.24, 2.45) is 0 Å². The monoisotopic (exact) mass is 502 g/mol. The van der Waals surface area contributed by atoms with Gasteiger partial charge in [-0.05, 0) is 84.4 Å². The van der Waals surface area contributed by atoms with Crippen molar-refractivity contribution in [2.45, 2.75) is 71.1 Å². The van der Waals surface area contributed by atoms with Gasteiger partial charge in [0, 0.05) is 10.9 Å². The van der Waals surface area contributed by atoms with Gasteiger partial charge in [0.1, 0.15) is 5.82 Å². The molecule has 4 aromatic carbocycles. The van der Waals surface area contributed by atoms with Gasteiger partial charge in [-0.25, -0.2) is 4.39 Å². The Labute approximate surface area is 228 Å². The van der Waals surface area contributed by atoms with Gasteiger partial charge in [0.2, 0.25) is 0 Å². The van der Waals surface area contributed by atoms with Crippen molar-refractivity contribution in [1.29, 1.82) is 0 Å². The zero-order chi connectivity index (χ0) is 26.6. The van der Waals surface area contributed by atoms with E-state index in [1.165, 1.54) is 60.8 Å². The number of benzene rings is 4. The molecule has 4 rings (SSSR count). The summed E-state index contributed by atoms with van der Waals surface area (Å²) >= 11 is 0. The molecule has 0 nitrogen and oxygen atoms in total. The Morgan fingerprint density at radius 1 is 0.658 bits per heavy atom. The molecule has 0 spiro atoms. The summed E-state index contributed by atoms with van der Waals surface area (Å²) in [5.41, 5.74) is 6.60. The maximum absolute atomic E-state index is 15.2. The van der Waals surface area contributed by atoms with Crippen molar-refractivity contribution < 1.29 is 4.39 Å². The lowest BCUT2D eigenvalue weighted by molar-refractivity contribution is 0.632. The summed E-state index contributed by atoms with van der Waals surface area (Å²) < 4.78 is 15.2. The van der Waals surface area contributed by atoms with E-state index in [0.29, 0.717) is 10.9 Å². The molecule has 194 valence electrons. The molecule has 0 aliphatic rings. The number of aryl methyl sites for hydroxylation is 4. The number of allylic oxidation sites excluding steroid dienone is 1. The van der Waals surface area contributed by atoms with Crippen LogP contribution < -0.4 is 0 Å². The van der Waals surface area contributed by atoms with Gasteiger partial charge in [-0.1, -0.05) is 111 Å². The third-order valence-corrected chi connectivity index (χ3v) is 7.25. The van der Waals surface area contributed by atoms with E-state index in [9.17, 15) is 0 Å². The van der Waals surface area contributed by atoms with E-state index >= 15 is 4.39 Å². The highest BCUT2D eigenvalue weighted by Gasteiger charge is 2.07. The number of hydrogen-bond acceptors (Lipinski definition) is 0. The average molecular weight is 503 g/mol. The van der Waals surface area contributed by atoms with Gasteiger partial charge < -0.3 is 0 Å². The molecule has 0 atom stereocenters. The SMILES string of the molecule is C=CCCc1ccc(C#Cc2ccc3cc(CCc4ccc(CCCCCCC)cc4)ccc3c2F)cc1. The molecule has 0 heterocycles. The Morgan fingerprint density at radius 3 is 2.03 bits per heavy atom. The van der Waals surface area contributed by atoms with Crippen LogP contribution in [0.5, 0.6) is 0 Å². The Kier molecular flexibility index (Phi) is 10.3. The second-order valence-electron chi connectivity index (χ2n) is 10.2. The molecule has 0 bridgehead atoms. The fraction of sp³-hybridized carbons (Fsp3) is 0.297. The van der Waals surface area contributed by atoms with E-state index in [2.05, 4.69) is 73.9 Å². The van der Waals surface area contributed by atoms with Gasteiger partial charge in [0.15, 0.2) is 0 Å². The maximum atomic E-state index is 15.2. The lowest BCUT2D eigenvalue weighted by Gasteiger charge is -2.07. The standard InChI is InChI=1S/C37H39F/c1-3-5-7-8-9-11-30-14-16-31(17-15-30)20-21-33-23-27-36-35(28-33)26-25-34(37(36)38)24-22-32-18-12-29(13-19-32)10-6-4-2/h4,12-19,23,25-28H,2-3,5-11,20-21H2,1H3. The van der Waals surface area contributed by atoms with Crippen LogP contribution in [0.2, 0.25) is 0 Å². The zero-order valence-electron chi connectivity index (χ0n) is 22.7. The average Bonchev–Trinajstić information content (AvgIpc) is 2.95. The fourth-order valence-corrected chi connectivity index (χ4v) is 4.85. The van der Waals surface area contributed by atoms with Crippen LogP contribution in [0, 0.1) is 17.7 Å². The molecule has 0 aliphatic heterocycles. The molecule has 0 saturated carbocycles. The van der Waals surface area contributed by atoms with E-state index in [1.54, 1.807) is 6.07 Å². The van der Waals surface area contributed by atoms with Crippen molar-refractivity contribution in [3.05, 3.63) is 131 Å². The lowest BCUT2D eigenvalue weighted by atomic mass is 9.98. The normalized spacial score (nSPS) is 10.8. The van der Waals surface area contributed by atoms with E-state index in [1.807, 2.05) is 30.3 Å². The Hall–Kier alpha value is -3.63. The number of halogens is 1. The molecule has 0 N–H and O–H groups in total. The van der Waals surface area contributed by atoms with Crippen LogP contribution in [0.25, 0.3) is 10.8 Å². The lowest BCUT2D eigenvalue weighted by Crippen LogP contribution is -1.94. The van der Waals surface area contributed by atoms with Gasteiger partial charge in [0.05, 0.1) is 5.56 Å². The molecular weight excluding hydrogens is 463 g/mol. The number of unbranched alkanes of at least 4 members (excludes halogenated alkanes) is 4. The second-order valence-corrected chi connectivity index (χ2v) is 10.2. The zero-order valence-corrected chi connectivity index (χ0v) is 22.7. The second kappa shape index (κ2) is 14.3. The highest BCUT2D eigenvalue weighted by molar-refractivity contribution is 5.85. The van der Waals surface area contributed by atoms with Crippen molar-refractivity contribution in [3.63, 3.8) is 0 Å². The van der Waals surface area contributed by atoms with Gasteiger partial charge in [-0.3, -0.25) is 0 Å². The van der Waals surface area contributed by atoms with Crippen LogP contribution in [0.1, 0.15) is 78.8 Å². The molecule has 0 saturated heterocycles. The summed E-state index contributed by atoms with van der Waals surface area (Å²) in [7, 11) is 0. The maximum Gasteiger partial charge on any atom is 0.146 e. The van der Waals surface area contributed by atoms with Crippen LogP contribution >= 0.6 is 0 Å².